The molecule has 1 fully saturated rings. The lowest BCUT2D eigenvalue weighted by atomic mass is 9.78. The van der Waals surface area contributed by atoms with E-state index in [1.807, 2.05) is 27.7 Å². The SMILES string of the molecule is CC(=O)SCC(=Cc1cc(F)cc(C(=O)O)c1N)B1OC(C)(C)C(C)(C)O1. The second kappa shape index (κ2) is 7.65. The molecule has 0 radical (unpaired) electrons. The van der Waals surface area contributed by atoms with Crippen LogP contribution in [0.2, 0.25) is 0 Å². The summed E-state index contributed by atoms with van der Waals surface area (Å²) in [6.07, 6.45) is 1.53. The minimum atomic E-state index is -1.32. The molecule has 27 heavy (non-hydrogen) atoms. The number of benzene rings is 1. The predicted molar refractivity (Wildman–Crippen MR) is 105 cm³/mol. The lowest BCUT2D eigenvalue weighted by molar-refractivity contribution is -0.109. The van der Waals surface area contributed by atoms with Crippen LogP contribution in [-0.2, 0) is 14.1 Å². The van der Waals surface area contributed by atoms with Crippen molar-refractivity contribution in [2.45, 2.75) is 45.8 Å². The fourth-order valence-corrected chi connectivity index (χ4v) is 3.08. The number of thioether (sulfide) groups is 1. The lowest BCUT2D eigenvalue weighted by Crippen LogP contribution is -2.41. The smallest absolute Gasteiger partial charge is 0.478 e. The van der Waals surface area contributed by atoms with Gasteiger partial charge in [-0.05, 0) is 45.3 Å². The number of hydrogen-bond donors (Lipinski definition) is 2. The fraction of sp³-hybridized carbons (Fsp3) is 0.444. The zero-order valence-electron chi connectivity index (χ0n) is 16.0. The van der Waals surface area contributed by atoms with E-state index in [2.05, 4.69) is 0 Å². The number of rotatable bonds is 5. The molecule has 146 valence electrons. The number of halogens is 1. The van der Waals surface area contributed by atoms with Crippen LogP contribution in [0.15, 0.2) is 17.6 Å². The van der Waals surface area contributed by atoms with E-state index in [0.29, 0.717) is 5.47 Å². The van der Waals surface area contributed by atoms with Crippen molar-refractivity contribution in [3.05, 3.63) is 34.5 Å². The number of aromatic carboxylic acids is 1. The molecule has 0 amide bonds. The highest BCUT2D eigenvalue weighted by Crippen LogP contribution is 2.39. The molecule has 0 spiro atoms. The Labute approximate surface area is 162 Å². The van der Waals surface area contributed by atoms with Crippen molar-refractivity contribution in [1.82, 2.24) is 0 Å². The van der Waals surface area contributed by atoms with Crippen molar-refractivity contribution in [1.29, 1.82) is 0 Å². The van der Waals surface area contributed by atoms with Crippen LogP contribution in [0.4, 0.5) is 10.1 Å². The van der Waals surface area contributed by atoms with Crippen LogP contribution >= 0.6 is 11.8 Å². The number of hydrogen-bond acceptors (Lipinski definition) is 6. The molecule has 1 aliphatic heterocycles. The second-order valence-electron chi connectivity index (χ2n) is 7.35. The van der Waals surface area contributed by atoms with E-state index in [4.69, 9.17) is 15.0 Å². The summed E-state index contributed by atoms with van der Waals surface area (Å²) < 4.78 is 25.9. The van der Waals surface area contributed by atoms with Crippen LogP contribution in [0, 0.1) is 5.82 Å². The molecule has 0 saturated carbocycles. The van der Waals surface area contributed by atoms with Gasteiger partial charge in [-0.3, -0.25) is 4.79 Å². The predicted octanol–water partition coefficient (Wildman–Crippen LogP) is 3.40. The van der Waals surface area contributed by atoms with E-state index in [0.717, 1.165) is 23.9 Å². The fourth-order valence-electron chi connectivity index (χ4n) is 2.49. The lowest BCUT2D eigenvalue weighted by Gasteiger charge is -2.32. The minimum Gasteiger partial charge on any atom is -0.478 e. The van der Waals surface area contributed by atoms with E-state index in [1.165, 1.54) is 13.0 Å². The number of carbonyl (C=O) groups is 2. The zero-order valence-corrected chi connectivity index (χ0v) is 16.8. The highest BCUT2D eigenvalue weighted by molar-refractivity contribution is 8.13. The monoisotopic (exact) mass is 395 g/mol. The maximum atomic E-state index is 13.9. The zero-order chi connectivity index (χ0) is 20.6. The van der Waals surface area contributed by atoms with Crippen LogP contribution in [0.25, 0.3) is 6.08 Å². The third kappa shape index (κ3) is 4.72. The van der Waals surface area contributed by atoms with Gasteiger partial charge in [0.05, 0.1) is 22.5 Å². The van der Waals surface area contributed by atoms with Gasteiger partial charge in [-0.1, -0.05) is 17.8 Å². The van der Waals surface area contributed by atoms with Crippen LogP contribution in [0.3, 0.4) is 0 Å². The summed E-state index contributed by atoms with van der Waals surface area (Å²) in [6, 6.07) is 2.01. The minimum absolute atomic E-state index is 0.0641. The number of carbonyl (C=O) groups excluding carboxylic acids is 1. The van der Waals surface area contributed by atoms with Gasteiger partial charge in [-0.15, -0.1) is 0 Å². The third-order valence-electron chi connectivity index (χ3n) is 4.75. The average Bonchev–Trinajstić information content (AvgIpc) is 2.74. The van der Waals surface area contributed by atoms with Gasteiger partial charge in [0.2, 0.25) is 0 Å². The molecule has 1 saturated heterocycles. The molecule has 1 aliphatic rings. The molecule has 9 heteroatoms. The van der Waals surface area contributed by atoms with E-state index in [9.17, 15) is 19.1 Å². The van der Waals surface area contributed by atoms with E-state index in [-0.39, 0.29) is 27.7 Å². The summed E-state index contributed by atoms with van der Waals surface area (Å²) in [5.41, 5.74) is 5.08. The van der Waals surface area contributed by atoms with Crippen molar-refractivity contribution in [3.63, 3.8) is 0 Å². The largest absolute Gasteiger partial charge is 0.491 e. The molecule has 1 heterocycles. The quantitative estimate of drug-likeness (QED) is 0.582. The number of carboxylic acid groups (broad SMARTS) is 1. The standard InChI is InChI=1S/C18H23BFNO5S/c1-10(22)27-9-12(19-25-17(2,3)18(4,5)26-19)6-11-7-13(20)8-14(15(11)21)16(23)24/h6-8H,9,21H2,1-5H3,(H,23,24). The normalized spacial score (nSPS) is 18.6. The highest BCUT2D eigenvalue weighted by atomic mass is 32.2. The molecule has 0 aromatic heterocycles. The summed E-state index contributed by atoms with van der Waals surface area (Å²) in [5, 5.41) is 9.11. The van der Waals surface area contributed by atoms with E-state index in [1.54, 1.807) is 0 Å². The van der Waals surface area contributed by atoms with Crippen LogP contribution in [0.1, 0.15) is 50.5 Å². The molecule has 1 aromatic rings. The molecule has 3 N–H and O–H groups in total. The molecular formula is C18H23BFNO5S. The number of nitrogens with two attached hydrogens (primary N) is 1. The Kier molecular flexibility index (Phi) is 6.08. The van der Waals surface area contributed by atoms with E-state index < -0.39 is 30.1 Å². The van der Waals surface area contributed by atoms with Gasteiger partial charge >= 0.3 is 13.1 Å². The number of carboxylic acids is 1. The first-order chi connectivity index (χ1) is 12.3. The van der Waals surface area contributed by atoms with Gasteiger partial charge in [-0.2, -0.15) is 0 Å². The summed E-state index contributed by atoms with van der Waals surface area (Å²) in [4.78, 5) is 22.7. The summed E-state index contributed by atoms with van der Waals surface area (Å²) in [6.45, 7) is 9.00. The van der Waals surface area contributed by atoms with Crippen LogP contribution in [-0.4, -0.2) is 40.3 Å². The van der Waals surface area contributed by atoms with Crippen LogP contribution < -0.4 is 5.73 Å². The van der Waals surface area contributed by atoms with Crippen molar-refractivity contribution in [3.8, 4) is 0 Å². The van der Waals surface area contributed by atoms with Crippen molar-refractivity contribution >= 4 is 41.7 Å². The van der Waals surface area contributed by atoms with Gasteiger partial charge in [0.15, 0.2) is 5.12 Å². The molecule has 1 aromatic carbocycles. The van der Waals surface area contributed by atoms with Gasteiger partial charge in [0, 0.05) is 18.2 Å². The Balaban J connectivity index is 2.49. The van der Waals surface area contributed by atoms with Crippen LogP contribution in [0.5, 0.6) is 0 Å². The molecular weight excluding hydrogens is 372 g/mol. The van der Waals surface area contributed by atoms with Gasteiger partial charge in [0.1, 0.15) is 5.82 Å². The van der Waals surface area contributed by atoms with Gasteiger partial charge in [0.25, 0.3) is 0 Å². The van der Waals surface area contributed by atoms with Crippen molar-refractivity contribution < 1.29 is 28.4 Å². The molecule has 6 nitrogen and oxygen atoms in total. The molecule has 0 unspecified atom stereocenters. The maximum absolute atomic E-state index is 13.9. The number of anilines is 1. The first-order valence-electron chi connectivity index (χ1n) is 8.36. The molecule has 2 rings (SSSR count). The first-order valence-corrected chi connectivity index (χ1v) is 9.34. The Morgan fingerprint density at radius 3 is 2.30 bits per heavy atom. The van der Waals surface area contributed by atoms with Crippen molar-refractivity contribution in [2.24, 2.45) is 0 Å². The summed E-state index contributed by atoms with van der Waals surface area (Å²) >= 11 is 1.05. The Morgan fingerprint density at radius 1 is 1.26 bits per heavy atom. The first kappa shape index (κ1) is 21.5. The van der Waals surface area contributed by atoms with Gasteiger partial charge in [-0.25, -0.2) is 9.18 Å². The second-order valence-corrected chi connectivity index (χ2v) is 8.50. The Bertz CT molecular complexity index is 793. The maximum Gasteiger partial charge on any atom is 0.491 e. The summed E-state index contributed by atoms with van der Waals surface area (Å²) in [5.74, 6) is -1.80. The third-order valence-corrected chi connectivity index (χ3v) is 5.63. The van der Waals surface area contributed by atoms with E-state index >= 15 is 0 Å². The highest BCUT2D eigenvalue weighted by Gasteiger charge is 2.52. The average molecular weight is 395 g/mol. The Morgan fingerprint density at radius 2 is 1.81 bits per heavy atom. The van der Waals surface area contributed by atoms with Gasteiger partial charge < -0.3 is 20.1 Å². The number of nitrogen functional groups attached to an aromatic ring is 1. The molecule has 0 bridgehead atoms. The van der Waals surface area contributed by atoms with Crippen molar-refractivity contribution in [2.75, 3.05) is 11.5 Å². The summed E-state index contributed by atoms with van der Waals surface area (Å²) in [7, 11) is -0.766. The Hall–Kier alpha value is -1.84. The topological polar surface area (TPSA) is 98.9 Å². The molecule has 0 aliphatic carbocycles. The molecule has 0 atom stereocenters.